The molecule has 142 valence electrons. The first-order valence-electron chi connectivity index (χ1n) is 9.18. The quantitative estimate of drug-likeness (QED) is 0.532. The Morgan fingerprint density at radius 2 is 1.81 bits per heavy atom. The predicted octanol–water partition coefficient (Wildman–Crippen LogP) is 4.57. The number of ether oxygens (including phenoxy) is 2. The van der Waals surface area contributed by atoms with Gasteiger partial charge in [-0.2, -0.15) is 0 Å². The maximum atomic E-state index is 8.83. The topological polar surface area (TPSA) is 50.7 Å². The summed E-state index contributed by atoms with van der Waals surface area (Å²) >= 11 is 5.94. The van der Waals surface area contributed by atoms with Crippen LogP contribution in [-0.2, 0) is 13.2 Å². The Labute approximate surface area is 161 Å². The molecule has 0 atom stereocenters. The van der Waals surface area contributed by atoms with Crippen molar-refractivity contribution in [3.63, 3.8) is 0 Å². The van der Waals surface area contributed by atoms with Crippen LogP contribution in [0.3, 0.4) is 0 Å². The summed E-state index contributed by atoms with van der Waals surface area (Å²) in [6, 6.07) is 13.6. The van der Waals surface area contributed by atoms with Crippen LogP contribution < -0.4 is 14.8 Å². The minimum absolute atomic E-state index is 0.263. The average Bonchev–Trinajstić information content (AvgIpc) is 2.65. The number of aliphatic hydroxyl groups excluding tert-OH is 1. The van der Waals surface area contributed by atoms with Gasteiger partial charge in [-0.3, -0.25) is 0 Å². The van der Waals surface area contributed by atoms with Gasteiger partial charge < -0.3 is 19.9 Å². The summed E-state index contributed by atoms with van der Waals surface area (Å²) in [7, 11) is 0. The highest BCUT2D eigenvalue weighted by Crippen LogP contribution is 2.32. The summed E-state index contributed by atoms with van der Waals surface area (Å²) in [5.41, 5.74) is 2.13. The zero-order chi connectivity index (χ0) is 18.6. The largest absolute Gasteiger partial charge is 0.490 e. The molecule has 2 N–H and O–H groups in total. The summed E-state index contributed by atoms with van der Waals surface area (Å²) in [5.74, 6) is 1.55. The number of para-hydroxylation sites is 1. The first-order valence-corrected chi connectivity index (χ1v) is 9.56. The van der Waals surface area contributed by atoms with Crippen LogP contribution in [0.25, 0.3) is 0 Å². The van der Waals surface area contributed by atoms with Gasteiger partial charge in [0.25, 0.3) is 0 Å². The Morgan fingerprint density at radius 3 is 2.54 bits per heavy atom. The molecule has 0 saturated carbocycles. The lowest BCUT2D eigenvalue weighted by Gasteiger charge is -2.16. The molecule has 0 spiro atoms. The van der Waals surface area contributed by atoms with Crippen molar-refractivity contribution in [3.8, 4) is 11.5 Å². The molecule has 0 amide bonds. The van der Waals surface area contributed by atoms with Crippen LogP contribution >= 0.6 is 11.6 Å². The van der Waals surface area contributed by atoms with Crippen molar-refractivity contribution < 1.29 is 14.6 Å². The van der Waals surface area contributed by atoms with Gasteiger partial charge in [0.1, 0.15) is 6.61 Å². The summed E-state index contributed by atoms with van der Waals surface area (Å²) in [6.45, 7) is 4.92. The molecular weight excluding hydrogens is 350 g/mol. The van der Waals surface area contributed by atoms with Crippen LogP contribution in [0.2, 0.25) is 5.02 Å². The third-order valence-electron chi connectivity index (χ3n) is 3.98. The van der Waals surface area contributed by atoms with Crippen molar-refractivity contribution in [3.05, 3.63) is 58.6 Å². The van der Waals surface area contributed by atoms with Gasteiger partial charge in [0.15, 0.2) is 11.5 Å². The van der Waals surface area contributed by atoms with E-state index in [0.29, 0.717) is 13.2 Å². The fourth-order valence-corrected chi connectivity index (χ4v) is 2.76. The number of hydrogen-bond acceptors (Lipinski definition) is 4. The van der Waals surface area contributed by atoms with Crippen LogP contribution in [0.1, 0.15) is 37.3 Å². The Balaban J connectivity index is 1.99. The lowest BCUT2D eigenvalue weighted by Crippen LogP contribution is -2.16. The minimum atomic E-state index is 0.263. The molecule has 26 heavy (non-hydrogen) atoms. The van der Waals surface area contributed by atoms with Crippen molar-refractivity contribution >= 4 is 11.6 Å². The normalized spacial score (nSPS) is 10.7. The monoisotopic (exact) mass is 377 g/mol. The number of benzene rings is 2. The number of aliphatic hydroxyl groups is 1. The van der Waals surface area contributed by atoms with E-state index < -0.39 is 0 Å². The second kappa shape index (κ2) is 11.8. The van der Waals surface area contributed by atoms with Crippen molar-refractivity contribution in [2.24, 2.45) is 0 Å². The van der Waals surface area contributed by atoms with Crippen molar-refractivity contribution in [2.45, 2.75) is 39.3 Å². The van der Waals surface area contributed by atoms with Gasteiger partial charge in [0.2, 0.25) is 0 Å². The standard InChI is InChI=1S/C21H28ClNO3/c1-2-25-20-8-6-7-18(15-23-13-4-3-5-14-24)21(20)26-16-17-9-11-19(22)12-10-17/h6-12,23-24H,2-5,13-16H2,1H3. The van der Waals surface area contributed by atoms with Crippen molar-refractivity contribution in [2.75, 3.05) is 19.8 Å². The maximum absolute atomic E-state index is 8.83. The van der Waals surface area contributed by atoms with Crippen molar-refractivity contribution in [1.29, 1.82) is 0 Å². The Bertz CT molecular complexity index is 646. The summed E-state index contributed by atoms with van der Waals surface area (Å²) in [5, 5.41) is 13.0. The van der Waals surface area contributed by atoms with Crippen molar-refractivity contribution in [1.82, 2.24) is 5.32 Å². The van der Waals surface area contributed by atoms with E-state index in [2.05, 4.69) is 11.4 Å². The number of rotatable bonds is 12. The van der Waals surface area contributed by atoms with E-state index in [1.165, 1.54) is 0 Å². The summed E-state index contributed by atoms with van der Waals surface area (Å²) < 4.78 is 11.8. The third-order valence-corrected chi connectivity index (χ3v) is 4.24. The second-order valence-corrected chi connectivity index (χ2v) is 6.49. The molecule has 0 saturated heterocycles. The van der Waals surface area contributed by atoms with E-state index in [1.807, 2.05) is 43.3 Å². The molecule has 0 radical (unpaired) electrons. The van der Waals surface area contributed by atoms with Crippen LogP contribution in [0.5, 0.6) is 11.5 Å². The molecule has 4 nitrogen and oxygen atoms in total. The first kappa shape index (κ1) is 20.6. The molecule has 0 aliphatic rings. The lowest BCUT2D eigenvalue weighted by molar-refractivity contribution is 0.266. The smallest absolute Gasteiger partial charge is 0.166 e. The van der Waals surface area contributed by atoms with Gasteiger partial charge in [-0.25, -0.2) is 0 Å². The van der Waals surface area contributed by atoms with E-state index in [1.54, 1.807) is 0 Å². The molecule has 0 heterocycles. The highest BCUT2D eigenvalue weighted by atomic mass is 35.5. The molecule has 5 heteroatoms. The summed E-state index contributed by atoms with van der Waals surface area (Å²) in [4.78, 5) is 0. The summed E-state index contributed by atoms with van der Waals surface area (Å²) in [6.07, 6.45) is 2.94. The molecule has 0 fully saturated rings. The molecule has 0 aromatic heterocycles. The molecule has 0 bridgehead atoms. The molecular formula is C21H28ClNO3. The lowest BCUT2D eigenvalue weighted by atomic mass is 10.1. The van der Waals surface area contributed by atoms with Crippen LogP contribution in [-0.4, -0.2) is 24.9 Å². The number of unbranched alkanes of at least 4 members (excludes halogenated alkanes) is 2. The SMILES string of the molecule is CCOc1cccc(CNCCCCCO)c1OCc1ccc(Cl)cc1. The van der Waals surface area contributed by atoms with Gasteiger partial charge in [-0.15, -0.1) is 0 Å². The maximum Gasteiger partial charge on any atom is 0.166 e. The fourth-order valence-electron chi connectivity index (χ4n) is 2.63. The van der Waals surface area contributed by atoms with Crippen LogP contribution in [0.4, 0.5) is 0 Å². The Kier molecular flexibility index (Phi) is 9.32. The molecule has 2 aromatic carbocycles. The van der Waals surface area contributed by atoms with Crippen LogP contribution in [0.15, 0.2) is 42.5 Å². The van der Waals surface area contributed by atoms with E-state index in [9.17, 15) is 0 Å². The third kappa shape index (κ3) is 6.87. The molecule has 0 aliphatic carbocycles. The van der Waals surface area contributed by atoms with Gasteiger partial charge in [0, 0.05) is 23.7 Å². The zero-order valence-corrected chi connectivity index (χ0v) is 16.1. The Hall–Kier alpha value is -1.75. The Morgan fingerprint density at radius 1 is 1.00 bits per heavy atom. The zero-order valence-electron chi connectivity index (χ0n) is 15.3. The first-order chi connectivity index (χ1) is 12.7. The molecule has 2 aromatic rings. The molecule has 2 rings (SSSR count). The van der Waals surface area contributed by atoms with E-state index >= 15 is 0 Å². The fraction of sp³-hybridized carbons (Fsp3) is 0.429. The highest BCUT2D eigenvalue weighted by molar-refractivity contribution is 6.30. The van der Waals surface area contributed by atoms with Gasteiger partial charge in [0.05, 0.1) is 6.61 Å². The van der Waals surface area contributed by atoms with Gasteiger partial charge in [-0.1, -0.05) is 35.9 Å². The van der Waals surface area contributed by atoms with Gasteiger partial charge in [-0.05, 0) is 56.5 Å². The predicted molar refractivity (Wildman–Crippen MR) is 106 cm³/mol. The minimum Gasteiger partial charge on any atom is -0.490 e. The number of nitrogens with one attached hydrogen (secondary N) is 1. The van der Waals surface area contributed by atoms with Crippen LogP contribution in [0, 0.1) is 0 Å². The second-order valence-electron chi connectivity index (χ2n) is 6.05. The molecule has 0 unspecified atom stereocenters. The molecule has 0 aliphatic heterocycles. The number of hydrogen-bond donors (Lipinski definition) is 2. The van der Waals surface area contributed by atoms with E-state index in [4.69, 9.17) is 26.2 Å². The average molecular weight is 378 g/mol. The van der Waals surface area contributed by atoms with Gasteiger partial charge >= 0.3 is 0 Å². The number of halogens is 1. The highest BCUT2D eigenvalue weighted by Gasteiger charge is 2.11. The van der Waals surface area contributed by atoms with E-state index in [0.717, 1.165) is 60.0 Å². The van der Waals surface area contributed by atoms with E-state index in [-0.39, 0.29) is 6.61 Å².